The van der Waals surface area contributed by atoms with E-state index < -0.39 is 11.9 Å². The van der Waals surface area contributed by atoms with Gasteiger partial charge in [0.05, 0.1) is 11.8 Å². The predicted molar refractivity (Wildman–Crippen MR) is 29.4 cm³/mol. The van der Waals surface area contributed by atoms with Crippen molar-refractivity contribution in [1.82, 2.24) is 0 Å². The number of cyclic esters (lactones) is 2. The van der Waals surface area contributed by atoms with Gasteiger partial charge in [0.2, 0.25) is 0 Å². The van der Waals surface area contributed by atoms with Crippen LogP contribution in [0.1, 0.15) is 13.8 Å². The molecule has 1 aliphatic rings. The fourth-order valence-electron chi connectivity index (χ4n) is 0.693. The molecule has 2 unspecified atom stereocenters. The summed E-state index contributed by atoms with van der Waals surface area (Å²) in [6.45, 7) is 3.38. The van der Waals surface area contributed by atoms with Crippen LogP contribution in [-0.2, 0) is 14.3 Å². The van der Waals surface area contributed by atoms with Crippen LogP contribution < -0.4 is 0 Å². The maximum atomic E-state index is 10.6. The molecule has 1 saturated heterocycles. The van der Waals surface area contributed by atoms with Gasteiger partial charge in [0, 0.05) is 0 Å². The highest BCUT2D eigenvalue weighted by atomic mass is 16.6. The highest BCUT2D eigenvalue weighted by molar-refractivity contribution is 5.95. The third-order valence-electron chi connectivity index (χ3n) is 1.69. The van der Waals surface area contributed by atoms with E-state index in [9.17, 15) is 9.59 Å². The van der Waals surface area contributed by atoms with Gasteiger partial charge in [0.15, 0.2) is 0 Å². The van der Waals surface area contributed by atoms with Crippen molar-refractivity contribution in [1.29, 1.82) is 0 Å². The Labute approximate surface area is 53.0 Å². The van der Waals surface area contributed by atoms with E-state index in [1.54, 1.807) is 13.8 Å². The van der Waals surface area contributed by atoms with Crippen LogP contribution in [0.4, 0.5) is 0 Å². The van der Waals surface area contributed by atoms with Gasteiger partial charge in [-0.15, -0.1) is 0 Å². The number of esters is 2. The van der Waals surface area contributed by atoms with E-state index >= 15 is 0 Å². The molecule has 0 spiro atoms. The Morgan fingerprint density at radius 2 is 1.44 bits per heavy atom. The van der Waals surface area contributed by atoms with Crippen LogP contribution in [0.2, 0.25) is 0 Å². The molecule has 3 heteroatoms. The lowest BCUT2D eigenvalue weighted by atomic mass is 10.00. The second kappa shape index (κ2) is 1.83. The Kier molecular flexibility index (Phi) is 1.27. The molecule has 0 aromatic carbocycles. The van der Waals surface area contributed by atoms with Crippen molar-refractivity contribution in [3.63, 3.8) is 0 Å². The molecule has 9 heavy (non-hydrogen) atoms. The smallest absolute Gasteiger partial charge is 0.317 e. The summed E-state index contributed by atoms with van der Waals surface area (Å²) in [4.78, 5) is 21.1. The van der Waals surface area contributed by atoms with Crippen molar-refractivity contribution >= 4 is 11.9 Å². The van der Waals surface area contributed by atoms with Gasteiger partial charge in [0.1, 0.15) is 0 Å². The monoisotopic (exact) mass is 128 g/mol. The first-order chi connectivity index (χ1) is 4.13. The van der Waals surface area contributed by atoms with Crippen LogP contribution in [0.3, 0.4) is 0 Å². The van der Waals surface area contributed by atoms with Gasteiger partial charge < -0.3 is 4.74 Å². The van der Waals surface area contributed by atoms with Gasteiger partial charge >= 0.3 is 11.9 Å². The Balaban J connectivity index is 2.77. The minimum Gasteiger partial charge on any atom is -0.393 e. The maximum absolute atomic E-state index is 10.6. The fourth-order valence-corrected chi connectivity index (χ4v) is 0.693. The highest BCUT2D eigenvalue weighted by Crippen LogP contribution is 2.21. The summed E-state index contributed by atoms with van der Waals surface area (Å²) >= 11 is 0. The van der Waals surface area contributed by atoms with Crippen LogP contribution in [-0.4, -0.2) is 11.9 Å². The van der Waals surface area contributed by atoms with Gasteiger partial charge in [-0.2, -0.15) is 0 Å². The van der Waals surface area contributed by atoms with Crippen molar-refractivity contribution in [2.45, 2.75) is 13.8 Å². The van der Waals surface area contributed by atoms with E-state index in [4.69, 9.17) is 0 Å². The summed E-state index contributed by atoms with van der Waals surface area (Å²) in [5, 5.41) is 0. The van der Waals surface area contributed by atoms with E-state index in [-0.39, 0.29) is 11.8 Å². The molecule has 1 aliphatic heterocycles. The Morgan fingerprint density at radius 3 is 1.56 bits per heavy atom. The molecular weight excluding hydrogens is 120 g/mol. The molecule has 2 atom stereocenters. The summed E-state index contributed by atoms with van der Waals surface area (Å²) in [5.74, 6) is -1.30. The largest absolute Gasteiger partial charge is 0.393 e. The molecule has 0 saturated carbocycles. The summed E-state index contributed by atoms with van der Waals surface area (Å²) in [5.41, 5.74) is 0. The predicted octanol–water partition coefficient (Wildman–Crippen LogP) is 0.342. The second-order valence-electron chi connectivity index (χ2n) is 2.32. The average molecular weight is 128 g/mol. The lowest BCUT2D eigenvalue weighted by Gasteiger charge is -1.96. The van der Waals surface area contributed by atoms with E-state index in [1.807, 2.05) is 0 Å². The van der Waals surface area contributed by atoms with E-state index in [2.05, 4.69) is 4.74 Å². The third kappa shape index (κ3) is 0.823. The SMILES string of the molecule is CC1C(=O)OC(=O)C1C. The second-order valence-corrected chi connectivity index (χ2v) is 2.32. The quantitative estimate of drug-likeness (QED) is 0.349. The minimum atomic E-state index is -0.396. The molecule has 50 valence electrons. The number of carbonyl (C=O) groups is 2. The summed E-state index contributed by atoms with van der Waals surface area (Å²) in [6.07, 6.45) is 0. The Bertz CT molecular complexity index is 144. The summed E-state index contributed by atoms with van der Waals surface area (Å²) in [6, 6.07) is 0. The number of hydrogen-bond acceptors (Lipinski definition) is 3. The molecule has 1 rings (SSSR count). The van der Waals surface area contributed by atoms with Crippen molar-refractivity contribution in [2.75, 3.05) is 0 Å². The molecule has 3 nitrogen and oxygen atoms in total. The molecular formula is C6H8O3. The zero-order valence-corrected chi connectivity index (χ0v) is 5.38. The minimum absolute atomic E-state index is 0.252. The van der Waals surface area contributed by atoms with Gasteiger partial charge in [-0.05, 0) is 0 Å². The van der Waals surface area contributed by atoms with Gasteiger partial charge in [-0.1, -0.05) is 13.8 Å². The molecule has 0 aliphatic carbocycles. The lowest BCUT2D eigenvalue weighted by Crippen LogP contribution is -2.09. The van der Waals surface area contributed by atoms with E-state index in [1.165, 1.54) is 0 Å². The molecule has 0 aromatic heterocycles. The van der Waals surface area contributed by atoms with Gasteiger partial charge in [-0.3, -0.25) is 9.59 Å². The van der Waals surface area contributed by atoms with Gasteiger partial charge in [-0.25, -0.2) is 0 Å². The number of ether oxygens (including phenoxy) is 1. The van der Waals surface area contributed by atoms with E-state index in [0.717, 1.165) is 0 Å². The zero-order chi connectivity index (χ0) is 7.02. The number of hydrogen-bond donors (Lipinski definition) is 0. The van der Waals surface area contributed by atoms with Crippen LogP contribution in [0.15, 0.2) is 0 Å². The first kappa shape index (κ1) is 6.26. The molecule has 0 radical (unpaired) electrons. The molecule has 1 fully saturated rings. The summed E-state index contributed by atoms with van der Waals surface area (Å²) < 4.78 is 4.31. The van der Waals surface area contributed by atoms with Crippen molar-refractivity contribution < 1.29 is 14.3 Å². The van der Waals surface area contributed by atoms with Crippen molar-refractivity contribution in [2.24, 2.45) is 11.8 Å². The maximum Gasteiger partial charge on any atom is 0.317 e. The van der Waals surface area contributed by atoms with Crippen LogP contribution in [0.5, 0.6) is 0 Å². The van der Waals surface area contributed by atoms with Crippen LogP contribution in [0, 0.1) is 11.8 Å². The van der Waals surface area contributed by atoms with Crippen LogP contribution >= 0.6 is 0 Å². The van der Waals surface area contributed by atoms with Crippen LogP contribution in [0.25, 0.3) is 0 Å². The standard InChI is InChI=1S/C6H8O3/c1-3-4(2)6(8)9-5(3)7/h3-4H,1-2H3. The molecule has 0 aromatic rings. The van der Waals surface area contributed by atoms with E-state index in [0.29, 0.717) is 0 Å². The Hall–Kier alpha value is -0.860. The Morgan fingerprint density at radius 1 is 1.11 bits per heavy atom. The number of carbonyl (C=O) groups excluding carboxylic acids is 2. The van der Waals surface area contributed by atoms with Crippen molar-refractivity contribution in [3.05, 3.63) is 0 Å². The summed E-state index contributed by atoms with van der Waals surface area (Å²) in [7, 11) is 0. The topological polar surface area (TPSA) is 43.4 Å². The number of rotatable bonds is 0. The normalized spacial score (nSPS) is 34.9. The van der Waals surface area contributed by atoms with Crippen molar-refractivity contribution in [3.8, 4) is 0 Å². The molecule has 0 amide bonds. The first-order valence-electron chi connectivity index (χ1n) is 2.88. The third-order valence-corrected chi connectivity index (χ3v) is 1.69. The first-order valence-corrected chi connectivity index (χ1v) is 2.88. The average Bonchev–Trinajstić information content (AvgIpc) is 1.98. The highest BCUT2D eigenvalue weighted by Gasteiger charge is 2.37. The zero-order valence-electron chi connectivity index (χ0n) is 5.38. The molecule has 1 heterocycles. The molecule has 0 N–H and O–H groups in total. The van der Waals surface area contributed by atoms with Gasteiger partial charge in [0.25, 0.3) is 0 Å². The lowest BCUT2D eigenvalue weighted by molar-refractivity contribution is -0.153. The fraction of sp³-hybridized carbons (Fsp3) is 0.667. The molecule has 0 bridgehead atoms.